The lowest BCUT2D eigenvalue weighted by Gasteiger charge is -2.05. The molecular weight excluding hydrogens is 262 g/mol. The fourth-order valence-electron chi connectivity index (χ4n) is 1.83. The number of hydrogen-bond acceptors (Lipinski definition) is 2. The Morgan fingerprint density at radius 2 is 1.83 bits per heavy atom. The second-order valence-corrected chi connectivity index (χ2v) is 5.47. The van der Waals surface area contributed by atoms with Gasteiger partial charge in [-0.05, 0) is 23.6 Å². The lowest BCUT2D eigenvalue weighted by molar-refractivity contribution is 1.28. The molecule has 0 atom stereocenters. The van der Waals surface area contributed by atoms with Gasteiger partial charge in [-0.1, -0.05) is 53.7 Å². The maximum Gasteiger partial charge on any atom is 0.0417 e. The molecule has 1 aromatic heterocycles. The molecule has 1 heterocycles. The molecule has 18 heavy (non-hydrogen) atoms. The second kappa shape index (κ2) is 5.01. The fourth-order valence-corrected chi connectivity index (χ4v) is 3.08. The molecule has 1 nitrogen and oxygen atoms in total. The van der Waals surface area contributed by atoms with Gasteiger partial charge in [-0.25, -0.2) is 0 Å². The summed E-state index contributed by atoms with van der Waals surface area (Å²) >= 11 is 7.68. The maximum atomic E-state index is 6.00. The van der Waals surface area contributed by atoms with Crippen molar-refractivity contribution in [3.8, 4) is 0 Å². The molecule has 0 spiro atoms. The van der Waals surface area contributed by atoms with E-state index < -0.39 is 0 Å². The minimum Gasteiger partial charge on any atom is -0.263 e. The van der Waals surface area contributed by atoms with E-state index in [4.69, 9.17) is 11.6 Å². The highest BCUT2D eigenvalue weighted by molar-refractivity contribution is 7.99. The molecule has 0 aliphatic carbocycles. The minimum absolute atomic E-state index is 0.758. The van der Waals surface area contributed by atoms with Crippen molar-refractivity contribution < 1.29 is 0 Å². The summed E-state index contributed by atoms with van der Waals surface area (Å²) in [6.07, 6.45) is 3.78. The number of halogens is 1. The summed E-state index contributed by atoms with van der Waals surface area (Å²) in [5.74, 6) is 0. The molecule has 2 aromatic carbocycles. The van der Waals surface area contributed by atoms with Gasteiger partial charge in [-0.3, -0.25) is 4.98 Å². The molecule has 0 unspecified atom stereocenters. The Kier molecular flexibility index (Phi) is 3.22. The van der Waals surface area contributed by atoms with Gasteiger partial charge in [-0.15, -0.1) is 0 Å². The van der Waals surface area contributed by atoms with Crippen molar-refractivity contribution in [2.24, 2.45) is 0 Å². The van der Waals surface area contributed by atoms with Gasteiger partial charge in [0.1, 0.15) is 0 Å². The Morgan fingerprint density at radius 3 is 2.72 bits per heavy atom. The van der Waals surface area contributed by atoms with Crippen molar-refractivity contribution in [1.29, 1.82) is 0 Å². The van der Waals surface area contributed by atoms with Crippen LogP contribution in [0.1, 0.15) is 0 Å². The smallest absolute Gasteiger partial charge is 0.0417 e. The Hall–Kier alpha value is -1.51. The van der Waals surface area contributed by atoms with Gasteiger partial charge in [0.25, 0.3) is 0 Å². The Bertz CT molecular complexity index is 691. The van der Waals surface area contributed by atoms with E-state index >= 15 is 0 Å². The number of benzene rings is 2. The van der Waals surface area contributed by atoms with Crippen LogP contribution in [0.4, 0.5) is 0 Å². The van der Waals surface area contributed by atoms with Gasteiger partial charge in [0.15, 0.2) is 0 Å². The number of pyridine rings is 1. The summed E-state index contributed by atoms with van der Waals surface area (Å²) in [6, 6.07) is 16.1. The summed E-state index contributed by atoms with van der Waals surface area (Å²) < 4.78 is 0. The first-order valence-electron chi connectivity index (χ1n) is 5.59. The SMILES string of the molecule is Clc1cccc(Sc2cncc3ccccc23)c1. The third-order valence-corrected chi connectivity index (χ3v) is 3.93. The van der Waals surface area contributed by atoms with E-state index in [1.54, 1.807) is 11.8 Å². The number of fused-ring (bicyclic) bond motifs is 1. The molecule has 88 valence electrons. The molecule has 0 radical (unpaired) electrons. The lowest BCUT2D eigenvalue weighted by atomic mass is 10.2. The zero-order valence-electron chi connectivity index (χ0n) is 9.51. The molecule has 0 saturated heterocycles. The average molecular weight is 272 g/mol. The molecule has 0 amide bonds. The summed E-state index contributed by atoms with van der Waals surface area (Å²) in [7, 11) is 0. The second-order valence-electron chi connectivity index (χ2n) is 3.92. The van der Waals surface area contributed by atoms with Gasteiger partial charge >= 0.3 is 0 Å². The van der Waals surface area contributed by atoms with Gasteiger partial charge < -0.3 is 0 Å². The summed E-state index contributed by atoms with van der Waals surface area (Å²) in [6.45, 7) is 0. The van der Waals surface area contributed by atoms with Gasteiger partial charge in [0.05, 0.1) is 0 Å². The van der Waals surface area contributed by atoms with Crippen LogP contribution < -0.4 is 0 Å². The van der Waals surface area contributed by atoms with Crippen LogP contribution in [0.2, 0.25) is 5.02 Å². The fraction of sp³-hybridized carbons (Fsp3) is 0. The topological polar surface area (TPSA) is 12.9 Å². The molecule has 0 aliphatic heterocycles. The van der Waals surface area contributed by atoms with Crippen LogP contribution in [-0.4, -0.2) is 4.98 Å². The van der Waals surface area contributed by atoms with E-state index in [1.165, 1.54) is 5.39 Å². The molecule has 0 fully saturated rings. The van der Waals surface area contributed by atoms with E-state index in [9.17, 15) is 0 Å². The zero-order valence-corrected chi connectivity index (χ0v) is 11.1. The predicted molar refractivity (Wildman–Crippen MR) is 77.3 cm³/mol. The van der Waals surface area contributed by atoms with E-state index in [-0.39, 0.29) is 0 Å². The Balaban J connectivity index is 2.05. The van der Waals surface area contributed by atoms with Crippen LogP contribution in [0.3, 0.4) is 0 Å². The van der Waals surface area contributed by atoms with E-state index in [2.05, 4.69) is 23.2 Å². The lowest BCUT2D eigenvalue weighted by Crippen LogP contribution is -1.81. The predicted octanol–water partition coefficient (Wildman–Crippen LogP) is 5.04. The van der Waals surface area contributed by atoms with Crippen LogP contribution in [-0.2, 0) is 0 Å². The van der Waals surface area contributed by atoms with Gasteiger partial charge in [0.2, 0.25) is 0 Å². The van der Waals surface area contributed by atoms with Crippen LogP contribution in [0.15, 0.2) is 70.7 Å². The van der Waals surface area contributed by atoms with Crippen molar-refractivity contribution in [2.45, 2.75) is 9.79 Å². The van der Waals surface area contributed by atoms with E-state index in [0.717, 1.165) is 20.2 Å². The van der Waals surface area contributed by atoms with Crippen molar-refractivity contribution in [3.63, 3.8) is 0 Å². The molecule has 0 N–H and O–H groups in total. The van der Waals surface area contributed by atoms with Crippen molar-refractivity contribution in [2.75, 3.05) is 0 Å². The first-order valence-corrected chi connectivity index (χ1v) is 6.78. The normalized spacial score (nSPS) is 10.7. The summed E-state index contributed by atoms with van der Waals surface area (Å²) in [5.41, 5.74) is 0. The minimum atomic E-state index is 0.758. The third-order valence-electron chi connectivity index (χ3n) is 2.66. The summed E-state index contributed by atoms with van der Waals surface area (Å²) in [4.78, 5) is 6.55. The highest BCUT2D eigenvalue weighted by Gasteiger charge is 2.03. The first kappa shape index (κ1) is 11.6. The van der Waals surface area contributed by atoms with Gasteiger partial charge in [0, 0.05) is 32.6 Å². The number of aromatic nitrogens is 1. The Labute approximate surface area is 115 Å². The van der Waals surface area contributed by atoms with Gasteiger partial charge in [-0.2, -0.15) is 0 Å². The highest BCUT2D eigenvalue weighted by atomic mass is 35.5. The quantitative estimate of drug-likeness (QED) is 0.648. The van der Waals surface area contributed by atoms with Crippen molar-refractivity contribution in [1.82, 2.24) is 4.98 Å². The van der Waals surface area contributed by atoms with Crippen LogP contribution in [0.25, 0.3) is 10.8 Å². The van der Waals surface area contributed by atoms with Crippen molar-refractivity contribution in [3.05, 3.63) is 65.9 Å². The molecule has 3 rings (SSSR count). The molecular formula is C15H10ClNS. The summed E-state index contributed by atoms with van der Waals surface area (Å²) in [5, 5.41) is 3.13. The van der Waals surface area contributed by atoms with E-state index in [0.29, 0.717) is 0 Å². The van der Waals surface area contributed by atoms with Crippen LogP contribution in [0.5, 0.6) is 0 Å². The molecule has 3 heteroatoms. The third kappa shape index (κ3) is 2.35. The van der Waals surface area contributed by atoms with Crippen molar-refractivity contribution >= 4 is 34.1 Å². The standard InChI is InChI=1S/C15H10ClNS/c16-12-5-3-6-13(8-12)18-15-10-17-9-11-4-1-2-7-14(11)15/h1-10H. The maximum absolute atomic E-state index is 6.00. The largest absolute Gasteiger partial charge is 0.263 e. The molecule has 0 bridgehead atoms. The average Bonchev–Trinajstić information content (AvgIpc) is 2.39. The number of hydrogen-bond donors (Lipinski definition) is 0. The zero-order chi connectivity index (χ0) is 12.4. The number of nitrogens with zero attached hydrogens (tertiary/aromatic N) is 1. The molecule has 3 aromatic rings. The van der Waals surface area contributed by atoms with Crippen LogP contribution in [0, 0.1) is 0 Å². The molecule has 0 aliphatic rings. The molecule has 0 saturated carbocycles. The first-order chi connectivity index (χ1) is 8.83. The Morgan fingerprint density at radius 1 is 0.944 bits per heavy atom. The number of rotatable bonds is 2. The highest BCUT2D eigenvalue weighted by Crippen LogP contribution is 2.33. The van der Waals surface area contributed by atoms with Crippen LogP contribution >= 0.6 is 23.4 Å². The monoisotopic (exact) mass is 271 g/mol. The van der Waals surface area contributed by atoms with E-state index in [1.807, 2.05) is 42.7 Å².